The van der Waals surface area contributed by atoms with Crippen LogP contribution in [0.25, 0.3) is 0 Å². The number of amides is 1. The molecule has 6 heteroatoms. The topological polar surface area (TPSA) is 67.3 Å². The number of hydrogen-bond acceptors (Lipinski definition) is 5. The molecule has 132 valence electrons. The maximum Gasteiger partial charge on any atom is 0.255 e. The molecule has 1 atom stereocenters. The smallest absolute Gasteiger partial charge is 0.255 e. The van der Waals surface area contributed by atoms with Gasteiger partial charge >= 0.3 is 0 Å². The van der Waals surface area contributed by atoms with Crippen molar-refractivity contribution in [3.05, 3.63) is 47.7 Å². The predicted molar refractivity (Wildman–Crippen MR) is 97.9 cm³/mol. The van der Waals surface area contributed by atoms with Gasteiger partial charge in [-0.05, 0) is 42.7 Å². The van der Waals surface area contributed by atoms with Crippen LogP contribution in [0.5, 0.6) is 0 Å². The summed E-state index contributed by atoms with van der Waals surface area (Å²) in [5.41, 5.74) is 2.86. The third kappa shape index (κ3) is 4.33. The molecule has 0 aliphatic carbocycles. The number of nitrogens with one attached hydrogen (secondary N) is 1. The van der Waals surface area contributed by atoms with Crippen LogP contribution in [-0.2, 0) is 9.53 Å². The van der Waals surface area contributed by atoms with E-state index in [1.54, 1.807) is 0 Å². The summed E-state index contributed by atoms with van der Waals surface area (Å²) in [6.07, 6.45) is -0.528. The Balaban J connectivity index is 1.65. The fourth-order valence-electron chi connectivity index (χ4n) is 2.77. The number of hydrogen-bond donors (Lipinski definition) is 1. The highest BCUT2D eigenvalue weighted by Gasteiger charge is 2.27. The molecule has 25 heavy (non-hydrogen) atoms. The van der Waals surface area contributed by atoms with E-state index in [1.165, 1.54) is 5.56 Å². The molecule has 1 fully saturated rings. The summed E-state index contributed by atoms with van der Waals surface area (Å²) >= 11 is 0. The molecule has 2 aromatic rings. The molecule has 6 nitrogen and oxygen atoms in total. The molecule has 0 spiro atoms. The number of aryl methyl sites for hydroxylation is 1. The van der Waals surface area contributed by atoms with Crippen LogP contribution in [0.1, 0.15) is 31.0 Å². The molecule has 1 N–H and O–H groups in total. The van der Waals surface area contributed by atoms with Crippen molar-refractivity contribution < 1.29 is 9.53 Å². The number of carbonyl (C=O) groups excluding carboxylic acids is 1. The lowest BCUT2D eigenvalue weighted by atomic mass is 10.0. The average Bonchev–Trinajstić information content (AvgIpc) is 2.62. The van der Waals surface area contributed by atoms with Crippen LogP contribution in [-0.4, -0.2) is 41.9 Å². The van der Waals surface area contributed by atoms with E-state index < -0.39 is 6.10 Å². The van der Waals surface area contributed by atoms with Crippen LogP contribution in [0.3, 0.4) is 0 Å². The Morgan fingerprint density at radius 2 is 2.12 bits per heavy atom. The van der Waals surface area contributed by atoms with Gasteiger partial charge in [0.1, 0.15) is 0 Å². The monoisotopic (exact) mass is 340 g/mol. The largest absolute Gasteiger partial charge is 0.365 e. The third-order valence-corrected chi connectivity index (χ3v) is 4.29. The van der Waals surface area contributed by atoms with Crippen LogP contribution in [0.4, 0.5) is 11.5 Å². The molecule has 1 aliphatic rings. The van der Waals surface area contributed by atoms with Crippen molar-refractivity contribution in [1.29, 1.82) is 0 Å². The lowest BCUT2D eigenvalue weighted by molar-refractivity contribution is -0.128. The summed E-state index contributed by atoms with van der Waals surface area (Å²) in [7, 11) is 0. The van der Waals surface area contributed by atoms with Crippen molar-refractivity contribution in [2.24, 2.45) is 0 Å². The quantitative estimate of drug-likeness (QED) is 0.927. The van der Waals surface area contributed by atoms with Gasteiger partial charge in [0.25, 0.3) is 5.91 Å². The lowest BCUT2D eigenvalue weighted by Crippen LogP contribution is -2.48. The van der Waals surface area contributed by atoms with Gasteiger partial charge in [0.2, 0.25) is 0 Å². The van der Waals surface area contributed by atoms with Gasteiger partial charge < -0.3 is 15.0 Å². The Kier molecular flexibility index (Phi) is 5.28. The zero-order valence-corrected chi connectivity index (χ0v) is 14.9. The van der Waals surface area contributed by atoms with Crippen LogP contribution in [0.2, 0.25) is 0 Å². The second-order valence-corrected chi connectivity index (χ2v) is 6.61. The maximum absolute atomic E-state index is 12.6. The molecule has 1 aliphatic heterocycles. The zero-order valence-electron chi connectivity index (χ0n) is 14.9. The zero-order chi connectivity index (χ0) is 17.8. The predicted octanol–water partition coefficient (Wildman–Crippen LogP) is 2.75. The summed E-state index contributed by atoms with van der Waals surface area (Å²) in [5, 5.41) is 11.2. The highest BCUT2D eigenvalue weighted by atomic mass is 16.5. The Bertz CT molecular complexity index is 730. The van der Waals surface area contributed by atoms with Gasteiger partial charge in [-0.25, -0.2) is 0 Å². The van der Waals surface area contributed by atoms with Crippen molar-refractivity contribution in [2.45, 2.75) is 32.8 Å². The minimum Gasteiger partial charge on any atom is -0.365 e. The van der Waals surface area contributed by atoms with Crippen LogP contribution in [0, 0.1) is 6.92 Å². The van der Waals surface area contributed by atoms with Crippen LogP contribution in [0.15, 0.2) is 36.4 Å². The number of aromatic nitrogens is 2. The van der Waals surface area contributed by atoms with Gasteiger partial charge in [0, 0.05) is 12.2 Å². The van der Waals surface area contributed by atoms with E-state index in [-0.39, 0.29) is 5.91 Å². The number of morpholine rings is 1. The Morgan fingerprint density at radius 3 is 2.84 bits per heavy atom. The summed E-state index contributed by atoms with van der Waals surface area (Å²) in [6, 6.07) is 11.8. The van der Waals surface area contributed by atoms with Crippen molar-refractivity contribution >= 4 is 17.4 Å². The molecule has 1 aromatic heterocycles. The first-order valence-corrected chi connectivity index (χ1v) is 8.60. The Labute approximate surface area is 148 Å². The number of rotatable bonds is 4. The Morgan fingerprint density at radius 1 is 1.28 bits per heavy atom. The van der Waals surface area contributed by atoms with E-state index in [0.717, 1.165) is 17.2 Å². The normalized spacial score (nSPS) is 17.6. The number of nitrogens with zero attached hydrogens (tertiary/aromatic N) is 3. The van der Waals surface area contributed by atoms with Crippen molar-refractivity contribution in [1.82, 2.24) is 10.2 Å². The van der Waals surface area contributed by atoms with E-state index in [1.807, 2.05) is 42.2 Å². The molecule has 1 amide bonds. The molecule has 0 unspecified atom stereocenters. The number of anilines is 2. The minimum atomic E-state index is -0.528. The standard InChI is InChI=1S/C19H24N4O2/c1-13(2)15-5-4-6-16(11-15)20-19(24)17-12-23(9-10-25-17)18-8-7-14(3)21-22-18/h4-8,11,13,17H,9-10,12H2,1-3H3,(H,20,24)/t17-/m1/s1. The molecule has 0 radical (unpaired) electrons. The molecule has 2 heterocycles. The van der Waals surface area contributed by atoms with E-state index in [0.29, 0.717) is 25.6 Å². The van der Waals surface area contributed by atoms with Crippen LogP contribution < -0.4 is 10.2 Å². The fourth-order valence-corrected chi connectivity index (χ4v) is 2.77. The molecule has 1 aromatic carbocycles. The van der Waals surface area contributed by atoms with Crippen LogP contribution >= 0.6 is 0 Å². The Hall–Kier alpha value is -2.47. The van der Waals surface area contributed by atoms with E-state index in [2.05, 4.69) is 35.4 Å². The third-order valence-electron chi connectivity index (χ3n) is 4.29. The fraction of sp³-hybridized carbons (Fsp3) is 0.421. The second kappa shape index (κ2) is 7.61. The number of carbonyl (C=O) groups is 1. The molecule has 0 saturated carbocycles. The van der Waals surface area contributed by atoms with Crippen molar-refractivity contribution in [3.8, 4) is 0 Å². The first-order valence-electron chi connectivity index (χ1n) is 8.60. The average molecular weight is 340 g/mol. The maximum atomic E-state index is 12.6. The van der Waals surface area contributed by atoms with E-state index in [4.69, 9.17) is 4.74 Å². The highest BCUT2D eigenvalue weighted by molar-refractivity contribution is 5.94. The first kappa shape index (κ1) is 17.4. The van der Waals surface area contributed by atoms with Gasteiger partial charge in [-0.15, -0.1) is 5.10 Å². The van der Waals surface area contributed by atoms with Gasteiger partial charge in [-0.2, -0.15) is 5.10 Å². The summed E-state index contributed by atoms with van der Waals surface area (Å²) in [5.74, 6) is 1.05. The van der Waals surface area contributed by atoms with Crippen molar-refractivity contribution in [3.63, 3.8) is 0 Å². The summed E-state index contributed by atoms with van der Waals surface area (Å²) in [4.78, 5) is 14.6. The molecule has 3 rings (SSSR count). The molecular formula is C19H24N4O2. The van der Waals surface area contributed by atoms with Gasteiger partial charge in [-0.3, -0.25) is 4.79 Å². The van der Waals surface area contributed by atoms with Gasteiger partial charge in [-0.1, -0.05) is 26.0 Å². The van der Waals surface area contributed by atoms with E-state index in [9.17, 15) is 4.79 Å². The minimum absolute atomic E-state index is 0.134. The first-order chi connectivity index (χ1) is 12.0. The molecule has 0 bridgehead atoms. The number of ether oxygens (including phenoxy) is 1. The summed E-state index contributed by atoms with van der Waals surface area (Å²) in [6.45, 7) is 7.81. The SMILES string of the molecule is Cc1ccc(N2CCO[C@@H](C(=O)Nc3cccc(C(C)C)c3)C2)nn1. The van der Waals surface area contributed by atoms with E-state index >= 15 is 0 Å². The summed E-state index contributed by atoms with van der Waals surface area (Å²) < 4.78 is 5.66. The molecular weight excluding hydrogens is 316 g/mol. The second-order valence-electron chi connectivity index (χ2n) is 6.61. The molecule has 1 saturated heterocycles. The van der Waals surface area contributed by atoms with Crippen molar-refractivity contribution in [2.75, 3.05) is 29.9 Å². The lowest BCUT2D eigenvalue weighted by Gasteiger charge is -2.32. The van der Waals surface area contributed by atoms with Gasteiger partial charge in [0.05, 0.1) is 18.8 Å². The highest BCUT2D eigenvalue weighted by Crippen LogP contribution is 2.20. The van der Waals surface area contributed by atoms with Gasteiger partial charge in [0.15, 0.2) is 11.9 Å². The number of benzene rings is 1.